The molecule has 0 atom stereocenters. The number of hydrogen-bond acceptors (Lipinski definition) is 2. The smallest absolute Gasteiger partial charge is 0.308 e. The first-order chi connectivity index (χ1) is 10.4. The number of amides is 3. The first-order valence-corrected chi connectivity index (χ1v) is 6.36. The predicted molar refractivity (Wildman–Crippen MR) is 73.6 cm³/mol. The number of alkyl halides is 3. The van der Waals surface area contributed by atoms with Crippen LogP contribution >= 0.6 is 0 Å². The van der Waals surface area contributed by atoms with Gasteiger partial charge in [0.1, 0.15) is 0 Å². The van der Waals surface area contributed by atoms with Crippen molar-refractivity contribution in [3.63, 3.8) is 0 Å². The summed E-state index contributed by atoms with van der Waals surface area (Å²) in [6.07, 6.45) is 2.90. The molecule has 1 aromatic rings. The highest BCUT2D eigenvalue weighted by Crippen LogP contribution is 2.31. The largest absolute Gasteiger partial charge is 0.417 e. The molecule has 0 saturated carbocycles. The van der Waals surface area contributed by atoms with Gasteiger partial charge in [0.25, 0.3) is 5.91 Å². The lowest BCUT2D eigenvalue weighted by Crippen LogP contribution is -2.39. The first-order valence-electron chi connectivity index (χ1n) is 6.36. The van der Waals surface area contributed by atoms with Crippen LogP contribution in [0.4, 0.5) is 18.0 Å². The molecule has 0 aromatic heterocycles. The number of hydrogen-bond donors (Lipinski definition) is 2. The van der Waals surface area contributed by atoms with Gasteiger partial charge in [-0.1, -0.05) is 24.3 Å². The number of benzene rings is 1. The van der Waals surface area contributed by atoms with E-state index < -0.39 is 29.2 Å². The van der Waals surface area contributed by atoms with Gasteiger partial charge in [-0.2, -0.15) is 13.2 Å². The minimum absolute atomic E-state index is 0.445. The molecule has 7 heteroatoms. The van der Waals surface area contributed by atoms with Gasteiger partial charge in [0.05, 0.1) is 11.1 Å². The van der Waals surface area contributed by atoms with E-state index in [1.807, 2.05) is 5.32 Å². The minimum atomic E-state index is -4.67. The lowest BCUT2D eigenvalue weighted by Gasteiger charge is -2.13. The zero-order chi connectivity index (χ0) is 16.2. The highest BCUT2D eigenvalue weighted by Gasteiger charge is 2.35. The Kier molecular flexibility index (Phi) is 4.65. The highest BCUT2D eigenvalue weighted by molar-refractivity contribution is 6.05. The molecular weight excluding hydrogens is 297 g/mol. The Hall–Kier alpha value is -2.57. The summed E-state index contributed by atoms with van der Waals surface area (Å²) in [7, 11) is 0. The standard InChI is InChI=1S/C15H12F3N2O2/c16-15(17,18)12-9-5-4-8-11(12)13(21)20-14(22)19-10-6-2-1-3-7-10/h2-9H,1H2,(H2,19,20,21,22). The van der Waals surface area contributed by atoms with Crippen LogP contribution in [0.25, 0.3) is 0 Å². The molecule has 3 amide bonds. The maximum Gasteiger partial charge on any atom is 0.417 e. The van der Waals surface area contributed by atoms with Gasteiger partial charge < -0.3 is 5.32 Å². The Balaban J connectivity index is 2.08. The van der Waals surface area contributed by atoms with Crippen LogP contribution < -0.4 is 10.6 Å². The third-order valence-electron chi connectivity index (χ3n) is 2.83. The maximum atomic E-state index is 12.8. The van der Waals surface area contributed by atoms with Gasteiger partial charge in [-0.05, 0) is 31.1 Å². The zero-order valence-corrected chi connectivity index (χ0v) is 11.3. The van der Waals surface area contributed by atoms with Gasteiger partial charge in [0, 0.05) is 5.70 Å². The Morgan fingerprint density at radius 2 is 1.86 bits per heavy atom. The molecule has 0 fully saturated rings. The summed E-state index contributed by atoms with van der Waals surface area (Å²) in [5.74, 6) is -1.12. The Labute approximate surface area is 124 Å². The molecule has 1 aliphatic rings. The fourth-order valence-corrected chi connectivity index (χ4v) is 1.87. The molecule has 0 aliphatic heterocycles. The number of carbonyl (C=O) groups is 2. The number of imide groups is 1. The van der Waals surface area contributed by atoms with Crippen molar-refractivity contribution < 1.29 is 22.8 Å². The third kappa shape index (κ3) is 3.97. The van der Waals surface area contributed by atoms with Crippen LogP contribution in [0.1, 0.15) is 22.3 Å². The summed E-state index contributed by atoms with van der Waals surface area (Å²) in [5.41, 5.74) is -1.25. The topological polar surface area (TPSA) is 58.2 Å². The highest BCUT2D eigenvalue weighted by atomic mass is 19.4. The normalized spacial score (nSPS) is 14.2. The van der Waals surface area contributed by atoms with Crippen LogP contribution in [0, 0.1) is 6.42 Å². The van der Waals surface area contributed by atoms with Crippen molar-refractivity contribution in [1.29, 1.82) is 0 Å². The maximum absolute atomic E-state index is 12.8. The Morgan fingerprint density at radius 1 is 1.14 bits per heavy atom. The molecule has 2 N–H and O–H groups in total. The molecule has 22 heavy (non-hydrogen) atoms. The van der Waals surface area contributed by atoms with E-state index in [4.69, 9.17) is 0 Å². The number of halogens is 3. The lowest BCUT2D eigenvalue weighted by molar-refractivity contribution is -0.137. The van der Waals surface area contributed by atoms with E-state index in [-0.39, 0.29) is 0 Å². The summed E-state index contributed by atoms with van der Waals surface area (Å²) in [6.45, 7) is 0. The molecule has 1 aromatic carbocycles. The van der Waals surface area contributed by atoms with E-state index in [2.05, 4.69) is 5.32 Å². The molecule has 1 radical (unpaired) electrons. The average Bonchev–Trinajstić information content (AvgIpc) is 2.47. The second-order valence-corrected chi connectivity index (χ2v) is 4.45. The molecular formula is C15H12F3N2O2. The van der Waals surface area contributed by atoms with E-state index in [0.29, 0.717) is 5.70 Å². The van der Waals surface area contributed by atoms with Gasteiger partial charge in [-0.15, -0.1) is 0 Å². The molecule has 0 saturated heterocycles. The van der Waals surface area contributed by atoms with Crippen molar-refractivity contribution in [1.82, 2.24) is 10.6 Å². The van der Waals surface area contributed by atoms with Crippen molar-refractivity contribution in [3.8, 4) is 0 Å². The number of allylic oxidation sites excluding steroid dienone is 3. The fourth-order valence-electron chi connectivity index (χ4n) is 1.87. The van der Waals surface area contributed by atoms with Crippen molar-refractivity contribution in [2.75, 3.05) is 0 Å². The molecule has 2 rings (SSSR count). The second-order valence-electron chi connectivity index (χ2n) is 4.45. The molecule has 0 spiro atoms. The van der Waals surface area contributed by atoms with Crippen molar-refractivity contribution in [3.05, 3.63) is 65.7 Å². The first kappa shape index (κ1) is 15.8. The van der Waals surface area contributed by atoms with E-state index in [1.54, 1.807) is 24.6 Å². The number of urea groups is 1. The summed E-state index contributed by atoms with van der Waals surface area (Å²) in [6, 6.07) is 3.37. The third-order valence-corrected chi connectivity index (χ3v) is 2.83. The molecule has 0 heterocycles. The number of rotatable bonds is 2. The zero-order valence-electron chi connectivity index (χ0n) is 11.3. The van der Waals surface area contributed by atoms with Gasteiger partial charge >= 0.3 is 12.2 Å². The van der Waals surface area contributed by atoms with Crippen LogP contribution in [0.2, 0.25) is 0 Å². The van der Waals surface area contributed by atoms with Gasteiger partial charge in [0.15, 0.2) is 0 Å². The minimum Gasteiger partial charge on any atom is -0.308 e. The fraction of sp³-hybridized carbons (Fsp3) is 0.133. The van der Waals surface area contributed by atoms with Crippen molar-refractivity contribution >= 4 is 11.9 Å². The monoisotopic (exact) mass is 309 g/mol. The van der Waals surface area contributed by atoms with Crippen LogP contribution in [-0.4, -0.2) is 11.9 Å². The second kappa shape index (κ2) is 6.46. The molecule has 1 aliphatic carbocycles. The summed E-state index contributed by atoms with van der Waals surface area (Å²) in [5, 5.41) is 4.25. The molecule has 0 bridgehead atoms. The predicted octanol–water partition coefficient (Wildman–Crippen LogP) is 3.19. The quantitative estimate of drug-likeness (QED) is 0.881. The molecule has 115 valence electrons. The molecule has 4 nitrogen and oxygen atoms in total. The van der Waals surface area contributed by atoms with Gasteiger partial charge in [0.2, 0.25) is 0 Å². The van der Waals surface area contributed by atoms with E-state index in [0.717, 1.165) is 18.6 Å². The Morgan fingerprint density at radius 3 is 2.50 bits per heavy atom. The SMILES string of the molecule is O=C(NC(=O)c1ccccc1C(F)(F)F)NC1=C[CH]CC=C1. The van der Waals surface area contributed by atoms with Crippen LogP contribution in [0.15, 0.2) is 48.2 Å². The van der Waals surface area contributed by atoms with E-state index >= 15 is 0 Å². The lowest BCUT2D eigenvalue weighted by atomic mass is 10.1. The summed E-state index contributed by atoms with van der Waals surface area (Å²) in [4.78, 5) is 23.5. The summed E-state index contributed by atoms with van der Waals surface area (Å²) >= 11 is 0. The van der Waals surface area contributed by atoms with Crippen molar-refractivity contribution in [2.24, 2.45) is 0 Å². The number of nitrogens with one attached hydrogen (secondary N) is 2. The van der Waals surface area contributed by atoms with E-state index in [9.17, 15) is 22.8 Å². The van der Waals surface area contributed by atoms with Crippen LogP contribution in [0.5, 0.6) is 0 Å². The van der Waals surface area contributed by atoms with Gasteiger partial charge in [-0.25, -0.2) is 4.79 Å². The van der Waals surface area contributed by atoms with Crippen LogP contribution in [0.3, 0.4) is 0 Å². The van der Waals surface area contributed by atoms with Gasteiger partial charge in [-0.3, -0.25) is 10.1 Å². The number of carbonyl (C=O) groups excluding carboxylic acids is 2. The Bertz CT molecular complexity index is 648. The van der Waals surface area contributed by atoms with Crippen molar-refractivity contribution in [2.45, 2.75) is 12.6 Å². The summed E-state index contributed by atoms with van der Waals surface area (Å²) < 4.78 is 38.4. The van der Waals surface area contributed by atoms with Crippen LogP contribution in [-0.2, 0) is 6.18 Å². The average molecular weight is 309 g/mol. The van der Waals surface area contributed by atoms with E-state index in [1.165, 1.54) is 12.1 Å². The molecule has 0 unspecified atom stereocenters.